The number of aromatic nitrogens is 3. The third kappa shape index (κ3) is 2.87. The molecule has 0 aliphatic heterocycles. The van der Waals surface area contributed by atoms with Gasteiger partial charge in [-0.05, 0) is 51.5 Å². The SMILES string of the molecule is Cc1nc(-c2ncccn2)sc1C(=O)N(C1CC1)C(C)C1CC1. The van der Waals surface area contributed by atoms with E-state index in [4.69, 9.17) is 0 Å². The van der Waals surface area contributed by atoms with Crippen LogP contribution in [0.3, 0.4) is 0 Å². The summed E-state index contributed by atoms with van der Waals surface area (Å²) in [5.41, 5.74) is 0.788. The van der Waals surface area contributed by atoms with Crippen molar-refractivity contribution in [2.24, 2.45) is 5.92 Å². The van der Waals surface area contributed by atoms with Gasteiger partial charge in [0.15, 0.2) is 10.8 Å². The van der Waals surface area contributed by atoms with Gasteiger partial charge in [0.25, 0.3) is 5.91 Å². The Bertz CT molecular complexity index is 721. The van der Waals surface area contributed by atoms with Crippen LogP contribution in [0.25, 0.3) is 10.8 Å². The van der Waals surface area contributed by atoms with Gasteiger partial charge in [0.1, 0.15) is 4.88 Å². The van der Waals surface area contributed by atoms with E-state index in [-0.39, 0.29) is 5.91 Å². The Hall–Kier alpha value is -1.82. The topological polar surface area (TPSA) is 59.0 Å². The summed E-state index contributed by atoms with van der Waals surface area (Å²) in [4.78, 5) is 29.0. The molecule has 1 unspecified atom stereocenters. The molecule has 0 bridgehead atoms. The summed E-state index contributed by atoms with van der Waals surface area (Å²) in [6.07, 6.45) is 8.17. The molecule has 2 heterocycles. The Labute approximate surface area is 139 Å². The zero-order chi connectivity index (χ0) is 16.0. The van der Waals surface area contributed by atoms with E-state index in [0.29, 0.717) is 23.8 Å². The second-order valence-corrected chi connectivity index (χ2v) is 7.53. The van der Waals surface area contributed by atoms with Crippen LogP contribution >= 0.6 is 11.3 Å². The number of carbonyl (C=O) groups excluding carboxylic acids is 1. The van der Waals surface area contributed by atoms with E-state index in [9.17, 15) is 4.79 Å². The first-order valence-electron chi connectivity index (χ1n) is 8.22. The number of nitrogens with zero attached hydrogens (tertiary/aromatic N) is 4. The molecule has 1 atom stereocenters. The normalized spacial score (nSPS) is 18.7. The molecular weight excluding hydrogens is 308 g/mol. The quantitative estimate of drug-likeness (QED) is 0.845. The van der Waals surface area contributed by atoms with E-state index in [2.05, 4.69) is 26.8 Å². The molecule has 2 aromatic heterocycles. The van der Waals surface area contributed by atoms with Gasteiger partial charge >= 0.3 is 0 Å². The van der Waals surface area contributed by atoms with Crippen LogP contribution in [0.1, 0.15) is 48.0 Å². The highest BCUT2D eigenvalue weighted by molar-refractivity contribution is 7.17. The summed E-state index contributed by atoms with van der Waals surface area (Å²) in [6.45, 7) is 4.11. The van der Waals surface area contributed by atoms with Crippen molar-refractivity contribution in [3.63, 3.8) is 0 Å². The molecule has 1 amide bonds. The smallest absolute Gasteiger partial charge is 0.266 e. The molecule has 5 nitrogen and oxygen atoms in total. The van der Waals surface area contributed by atoms with Gasteiger partial charge in [-0.2, -0.15) is 0 Å². The van der Waals surface area contributed by atoms with E-state index in [0.717, 1.165) is 28.4 Å². The highest BCUT2D eigenvalue weighted by Crippen LogP contribution is 2.41. The summed E-state index contributed by atoms with van der Waals surface area (Å²) in [5.74, 6) is 1.42. The molecule has 0 saturated heterocycles. The number of aryl methyl sites for hydroxylation is 1. The van der Waals surface area contributed by atoms with E-state index >= 15 is 0 Å². The van der Waals surface area contributed by atoms with Crippen LogP contribution in [-0.4, -0.2) is 37.8 Å². The molecule has 0 spiro atoms. The fourth-order valence-electron chi connectivity index (χ4n) is 3.06. The number of hydrogen-bond donors (Lipinski definition) is 0. The van der Waals surface area contributed by atoms with Crippen molar-refractivity contribution in [1.82, 2.24) is 19.9 Å². The predicted octanol–water partition coefficient (Wildman–Crippen LogP) is 3.31. The summed E-state index contributed by atoms with van der Waals surface area (Å²) < 4.78 is 0. The molecule has 2 aromatic rings. The van der Waals surface area contributed by atoms with Gasteiger partial charge in [-0.3, -0.25) is 4.79 Å². The maximum Gasteiger partial charge on any atom is 0.266 e. The third-order valence-electron chi connectivity index (χ3n) is 4.67. The first-order chi connectivity index (χ1) is 11.1. The van der Waals surface area contributed by atoms with Crippen LogP contribution in [0.5, 0.6) is 0 Å². The van der Waals surface area contributed by atoms with Crippen LogP contribution in [0.15, 0.2) is 18.5 Å². The first kappa shape index (κ1) is 14.8. The van der Waals surface area contributed by atoms with E-state index < -0.39 is 0 Å². The monoisotopic (exact) mass is 328 g/mol. The Morgan fingerprint density at radius 3 is 2.57 bits per heavy atom. The van der Waals surface area contributed by atoms with Gasteiger partial charge in [-0.15, -0.1) is 11.3 Å². The number of amides is 1. The van der Waals surface area contributed by atoms with Gasteiger partial charge in [0.2, 0.25) is 0 Å². The molecule has 23 heavy (non-hydrogen) atoms. The molecule has 2 fully saturated rings. The second-order valence-electron chi connectivity index (χ2n) is 6.53. The molecule has 0 aromatic carbocycles. The Kier molecular flexibility index (Phi) is 3.64. The van der Waals surface area contributed by atoms with Crippen LogP contribution in [0.2, 0.25) is 0 Å². The largest absolute Gasteiger partial charge is 0.332 e. The average Bonchev–Trinajstić information content (AvgIpc) is 3.46. The minimum Gasteiger partial charge on any atom is -0.332 e. The van der Waals surface area contributed by atoms with Gasteiger partial charge < -0.3 is 4.90 Å². The van der Waals surface area contributed by atoms with Crippen LogP contribution in [0.4, 0.5) is 0 Å². The average molecular weight is 328 g/mol. The molecule has 4 rings (SSSR count). The van der Waals surface area contributed by atoms with Crippen molar-refractivity contribution in [3.05, 3.63) is 29.0 Å². The van der Waals surface area contributed by atoms with Crippen LogP contribution in [-0.2, 0) is 0 Å². The molecule has 2 saturated carbocycles. The Morgan fingerprint density at radius 1 is 1.26 bits per heavy atom. The Morgan fingerprint density at radius 2 is 1.96 bits per heavy atom. The highest BCUT2D eigenvalue weighted by atomic mass is 32.1. The van der Waals surface area contributed by atoms with Gasteiger partial charge in [0.05, 0.1) is 5.69 Å². The summed E-state index contributed by atoms with van der Waals surface area (Å²) >= 11 is 1.42. The number of hydrogen-bond acceptors (Lipinski definition) is 5. The number of rotatable bonds is 5. The molecule has 6 heteroatoms. The zero-order valence-corrected chi connectivity index (χ0v) is 14.2. The van der Waals surface area contributed by atoms with Crippen molar-refractivity contribution in [3.8, 4) is 10.8 Å². The molecule has 0 N–H and O–H groups in total. The molecule has 2 aliphatic carbocycles. The van der Waals surface area contributed by atoms with Crippen molar-refractivity contribution >= 4 is 17.2 Å². The standard InChI is InChI=1S/C17H20N4OS/c1-10-14(23-16(20-10)15-18-8-3-9-19-15)17(22)21(13-6-7-13)11(2)12-4-5-12/h3,8-9,11-13H,4-7H2,1-2H3. The number of carbonyl (C=O) groups is 1. The van der Waals surface area contributed by atoms with Gasteiger partial charge in [0, 0.05) is 24.5 Å². The maximum atomic E-state index is 13.1. The summed E-state index contributed by atoms with van der Waals surface area (Å²) in [6, 6.07) is 2.55. The van der Waals surface area contributed by atoms with Crippen molar-refractivity contribution < 1.29 is 4.79 Å². The number of thiazole rings is 1. The zero-order valence-electron chi connectivity index (χ0n) is 13.4. The van der Waals surface area contributed by atoms with E-state index in [1.807, 2.05) is 6.92 Å². The lowest BCUT2D eigenvalue weighted by Crippen LogP contribution is -2.41. The van der Waals surface area contributed by atoms with Gasteiger partial charge in [-0.1, -0.05) is 0 Å². The first-order valence-corrected chi connectivity index (χ1v) is 9.04. The lowest BCUT2D eigenvalue weighted by Gasteiger charge is -2.29. The van der Waals surface area contributed by atoms with E-state index in [1.54, 1.807) is 18.5 Å². The minimum absolute atomic E-state index is 0.143. The van der Waals surface area contributed by atoms with Gasteiger partial charge in [-0.25, -0.2) is 15.0 Å². The van der Waals surface area contributed by atoms with Crippen LogP contribution in [0, 0.1) is 12.8 Å². The highest BCUT2D eigenvalue weighted by Gasteiger charge is 2.42. The molecule has 0 radical (unpaired) electrons. The molecule has 120 valence electrons. The van der Waals surface area contributed by atoms with Crippen molar-refractivity contribution in [1.29, 1.82) is 0 Å². The lowest BCUT2D eigenvalue weighted by molar-refractivity contribution is 0.0658. The predicted molar refractivity (Wildman–Crippen MR) is 89.3 cm³/mol. The Balaban J connectivity index is 1.63. The fraction of sp³-hybridized carbons (Fsp3) is 0.529. The summed E-state index contributed by atoms with van der Waals surface area (Å²) in [7, 11) is 0. The lowest BCUT2D eigenvalue weighted by atomic mass is 10.1. The summed E-state index contributed by atoms with van der Waals surface area (Å²) in [5, 5.41) is 0.723. The fourth-order valence-corrected chi connectivity index (χ4v) is 4.02. The maximum absolute atomic E-state index is 13.1. The second kappa shape index (κ2) is 5.67. The minimum atomic E-state index is 0.143. The van der Waals surface area contributed by atoms with Crippen molar-refractivity contribution in [2.45, 2.75) is 51.6 Å². The third-order valence-corrected chi connectivity index (χ3v) is 5.81. The molecule has 2 aliphatic rings. The molecular formula is C17H20N4OS. The van der Waals surface area contributed by atoms with Crippen LogP contribution < -0.4 is 0 Å². The van der Waals surface area contributed by atoms with Crippen molar-refractivity contribution in [2.75, 3.05) is 0 Å². The van der Waals surface area contributed by atoms with E-state index in [1.165, 1.54) is 24.2 Å².